The summed E-state index contributed by atoms with van der Waals surface area (Å²) >= 11 is 0. The van der Waals surface area contributed by atoms with E-state index in [4.69, 9.17) is 0 Å². The molecule has 0 aromatic rings. The number of nitrogens with one attached hydrogen (secondary N) is 1. The number of fused-ring (bicyclic) bond motifs is 2. The van der Waals surface area contributed by atoms with Gasteiger partial charge < -0.3 is 5.32 Å². The molecule has 2 bridgehead atoms. The lowest BCUT2D eigenvalue weighted by molar-refractivity contribution is 0.190. The Kier molecular flexibility index (Phi) is 8.14. The normalized spacial score (nSPS) is 29.7. The molecule has 1 N–H and O–H groups in total. The van der Waals surface area contributed by atoms with Crippen molar-refractivity contribution in [3.05, 3.63) is 0 Å². The van der Waals surface area contributed by atoms with Gasteiger partial charge >= 0.3 is 0 Å². The van der Waals surface area contributed by atoms with E-state index in [2.05, 4.69) is 19.2 Å². The Labute approximate surface area is 133 Å². The van der Waals surface area contributed by atoms with E-state index in [1.54, 1.807) is 0 Å². The molecular weight excluding hydrogens is 254 g/mol. The Hall–Kier alpha value is -0.0400. The summed E-state index contributed by atoms with van der Waals surface area (Å²) in [4.78, 5) is 0. The third kappa shape index (κ3) is 5.93. The highest BCUT2D eigenvalue weighted by Gasteiger charge is 2.36. The molecule has 2 aliphatic heterocycles. The molecule has 124 valence electrons. The standard InChI is InChI=1S/C20H39N/c1-3-5-7-8-10-12-17(11-9-6-4-2)18-15-19-13-14-20(16-18)21-19/h17-21H,3-16H2,1-2H3. The molecule has 0 aliphatic carbocycles. The molecule has 2 aliphatic rings. The predicted octanol–water partition coefficient (Wildman–Crippen LogP) is 6.07. The van der Waals surface area contributed by atoms with Crippen LogP contribution in [-0.2, 0) is 0 Å². The van der Waals surface area contributed by atoms with E-state index in [0.717, 1.165) is 23.9 Å². The summed E-state index contributed by atoms with van der Waals surface area (Å²) in [6.45, 7) is 4.66. The van der Waals surface area contributed by atoms with Crippen molar-refractivity contribution in [2.75, 3.05) is 0 Å². The molecule has 3 atom stereocenters. The second-order valence-corrected chi connectivity index (χ2v) is 7.83. The molecule has 0 aromatic heterocycles. The van der Waals surface area contributed by atoms with Crippen molar-refractivity contribution in [1.82, 2.24) is 5.32 Å². The van der Waals surface area contributed by atoms with Gasteiger partial charge in [-0.2, -0.15) is 0 Å². The van der Waals surface area contributed by atoms with E-state index in [1.165, 1.54) is 89.9 Å². The molecule has 2 rings (SSSR count). The Morgan fingerprint density at radius 1 is 0.762 bits per heavy atom. The fourth-order valence-corrected chi connectivity index (χ4v) is 4.77. The average Bonchev–Trinajstić information content (AvgIpc) is 2.83. The van der Waals surface area contributed by atoms with Gasteiger partial charge in [-0.05, 0) is 37.5 Å². The first-order valence-corrected chi connectivity index (χ1v) is 10.1. The molecule has 2 saturated heterocycles. The number of rotatable bonds is 11. The number of hydrogen-bond acceptors (Lipinski definition) is 1. The van der Waals surface area contributed by atoms with E-state index < -0.39 is 0 Å². The summed E-state index contributed by atoms with van der Waals surface area (Å²) < 4.78 is 0. The number of hydrogen-bond donors (Lipinski definition) is 1. The Bertz CT molecular complexity index is 251. The average molecular weight is 294 g/mol. The fraction of sp³-hybridized carbons (Fsp3) is 1.00. The zero-order valence-corrected chi connectivity index (χ0v) is 14.7. The van der Waals surface area contributed by atoms with Gasteiger partial charge in [0.15, 0.2) is 0 Å². The second-order valence-electron chi connectivity index (χ2n) is 7.83. The molecule has 0 saturated carbocycles. The minimum atomic E-state index is 0.877. The van der Waals surface area contributed by atoms with Gasteiger partial charge in [-0.25, -0.2) is 0 Å². The van der Waals surface area contributed by atoms with Gasteiger partial charge in [0.1, 0.15) is 0 Å². The van der Waals surface area contributed by atoms with Crippen molar-refractivity contribution in [3.63, 3.8) is 0 Å². The second kappa shape index (κ2) is 9.87. The van der Waals surface area contributed by atoms with Crippen molar-refractivity contribution < 1.29 is 0 Å². The largest absolute Gasteiger partial charge is 0.311 e. The van der Waals surface area contributed by atoms with Crippen LogP contribution in [0.25, 0.3) is 0 Å². The monoisotopic (exact) mass is 293 g/mol. The summed E-state index contributed by atoms with van der Waals surface area (Å²) in [5, 5.41) is 3.83. The third-order valence-electron chi connectivity index (χ3n) is 6.03. The molecule has 1 heteroatoms. The van der Waals surface area contributed by atoms with E-state index in [1.807, 2.05) is 0 Å². The predicted molar refractivity (Wildman–Crippen MR) is 93.7 cm³/mol. The van der Waals surface area contributed by atoms with Crippen LogP contribution in [0.1, 0.15) is 104 Å². The summed E-state index contributed by atoms with van der Waals surface area (Å²) in [5.41, 5.74) is 0. The van der Waals surface area contributed by atoms with Crippen LogP contribution in [0.4, 0.5) is 0 Å². The first-order chi connectivity index (χ1) is 10.3. The Morgan fingerprint density at radius 3 is 1.90 bits per heavy atom. The molecule has 0 aromatic carbocycles. The van der Waals surface area contributed by atoms with Crippen molar-refractivity contribution in [2.45, 2.75) is 116 Å². The SMILES string of the molecule is CCCCCCCC(CCCCC)C1CC2CCC(C1)N2. The number of unbranched alkanes of at least 4 members (excludes halogenated alkanes) is 6. The van der Waals surface area contributed by atoms with Crippen LogP contribution < -0.4 is 5.32 Å². The van der Waals surface area contributed by atoms with Crippen LogP contribution in [0.3, 0.4) is 0 Å². The molecule has 1 nitrogen and oxygen atoms in total. The molecule has 0 amide bonds. The highest BCUT2D eigenvalue weighted by Crippen LogP contribution is 2.39. The van der Waals surface area contributed by atoms with Crippen molar-refractivity contribution in [1.29, 1.82) is 0 Å². The lowest BCUT2D eigenvalue weighted by Crippen LogP contribution is -2.40. The first-order valence-electron chi connectivity index (χ1n) is 10.1. The summed E-state index contributed by atoms with van der Waals surface area (Å²) in [6, 6.07) is 1.75. The van der Waals surface area contributed by atoms with Gasteiger partial charge in [0.25, 0.3) is 0 Å². The molecular formula is C20H39N. The maximum absolute atomic E-state index is 3.83. The van der Waals surface area contributed by atoms with Crippen LogP contribution in [0.5, 0.6) is 0 Å². The summed E-state index contributed by atoms with van der Waals surface area (Å²) in [7, 11) is 0. The van der Waals surface area contributed by atoms with Crippen LogP contribution in [0, 0.1) is 11.8 Å². The van der Waals surface area contributed by atoms with Crippen LogP contribution in [-0.4, -0.2) is 12.1 Å². The van der Waals surface area contributed by atoms with Gasteiger partial charge in [-0.15, -0.1) is 0 Å². The third-order valence-corrected chi connectivity index (χ3v) is 6.03. The van der Waals surface area contributed by atoms with Crippen molar-refractivity contribution in [2.24, 2.45) is 11.8 Å². The smallest absolute Gasteiger partial charge is 0.00729 e. The Morgan fingerprint density at radius 2 is 1.29 bits per heavy atom. The van der Waals surface area contributed by atoms with Crippen LogP contribution in [0.15, 0.2) is 0 Å². The van der Waals surface area contributed by atoms with Gasteiger partial charge in [0, 0.05) is 12.1 Å². The van der Waals surface area contributed by atoms with Crippen LogP contribution >= 0.6 is 0 Å². The lowest BCUT2D eigenvalue weighted by Gasteiger charge is -2.35. The lowest BCUT2D eigenvalue weighted by atomic mass is 9.76. The van der Waals surface area contributed by atoms with Gasteiger partial charge in [0.05, 0.1) is 0 Å². The molecule has 0 radical (unpaired) electrons. The van der Waals surface area contributed by atoms with Crippen molar-refractivity contribution >= 4 is 0 Å². The quantitative estimate of drug-likeness (QED) is 0.456. The van der Waals surface area contributed by atoms with Gasteiger partial charge in [-0.3, -0.25) is 0 Å². The highest BCUT2D eigenvalue weighted by atomic mass is 15.0. The van der Waals surface area contributed by atoms with Gasteiger partial charge in [-0.1, -0.05) is 78.1 Å². The molecule has 3 unspecified atom stereocenters. The zero-order valence-electron chi connectivity index (χ0n) is 14.7. The van der Waals surface area contributed by atoms with Crippen LogP contribution in [0.2, 0.25) is 0 Å². The van der Waals surface area contributed by atoms with E-state index in [-0.39, 0.29) is 0 Å². The topological polar surface area (TPSA) is 12.0 Å². The maximum Gasteiger partial charge on any atom is 0.00729 e. The fourth-order valence-electron chi connectivity index (χ4n) is 4.77. The molecule has 2 fully saturated rings. The minimum absolute atomic E-state index is 0.877. The van der Waals surface area contributed by atoms with E-state index >= 15 is 0 Å². The van der Waals surface area contributed by atoms with Crippen molar-refractivity contribution in [3.8, 4) is 0 Å². The molecule has 21 heavy (non-hydrogen) atoms. The van der Waals surface area contributed by atoms with E-state index in [0.29, 0.717) is 0 Å². The number of piperidine rings is 1. The molecule has 0 spiro atoms. The first kappa shape index (κ1) is 17.3. The van der Waals surface area contributed by atoms with E-state index in [9.17, 15) is 0 Å². The molecule has 2 heterocycles. The Balaban J connectivity index is 1.74. The zero-order chi connectivity index (χ0) is 14.9. The minimum Gasteiger partial charge on any atom is -0.311 e. The maximum atomic E-state index is 3.83. The summed E-state index contributed by atoms with van der Waals surface area (Å²) in [6.07, 6.45) is 20.5. The van der Waals surface area contributed by atoms with Gasteiger partial charge in [0.2, 0.25) is 0 Å². The summed E-state index contributed by atoms with van der Waals surface area (Å²) in [5.74, 6) is 2.09. The highest BCUT2D eigenvalue weighted by molar-refractivity contribution is 4.93.